The Bertz CT molecular complexity index is 169. The predicted molar refractivity (Wildman–Crippen MR) is 67.8 cm³/mol. The number of thiol groups is 1. The van der Waals surface area contributed by atoms with Crippen molar-refractivity contribution in [3.8, 4) is 0 Å². The van der Waals surface area contributed by atoms with Gasteiger partial charge in [-0.15, -0.1) is 0 Å². The topological polar surface area (TPSA) is 15.7 Å². The monoisotopic (exact) mass is 232 g/mol. The Hall–Kier alpha value is 0.230. The van der Waals surface area contributed by atoms with E-state index in [-0.39, 0.29) is 0 Å². The van der Waals surface area contributed by atoms with Gasteiger partial charge in [-0.05, 0) is 13.5 Å². The summed E-state index contributed by atoms with van der Waals surface area (Å²) in [6, 6.07) is 0.726. The van der Waals surface area contributed by atoms with Crippen LogP contribution in [-0.4, -0.2) is 68.0 Å². The molecule has 0 spiro atoms. The molecule has 90 valence electrons. The fourth-order valence-corrected chi connectivity index (χ4v) is 2.14. The first-order chi connectivity index (χ1) is 7.27. The summed E-state index contributed by atoms with van der Waals surface area (Å²) in [6.07, 6.45) is 1.24. The van der Waals surface area contributed by atoms with Gasteiger partial charge in [0.2, 0.25) is 0 Å². The molecule has 1 saturated heterocycles. The summed E-state index contributed by atoms with van der Waals surface area (Å²) in [5.74, 6) is 0.820. The lowest BCUT2D eigenvalue weighted by Crippen LogP contribution is -2.51. The van der Waals surface area contributed by atoms with Crippen LogP contribution < -0.4 is 0 Å². The fourth-order valence-electron chi connectivity index (χ4n) is 2.01. The number of likely N-dealkylation sites (N-methyl/N-ethyl adjacent to an activating group) is 1. The highest BCUT2D eigenvalue weighted by Gasteiger charge is 2.21. The molecule has 0 radical (unpaired) electrons. The van der Waals surface area contributed by atoms with Crippen molar-refractivity contribution in [2.24, 2.45) is 0 Å². The van der Waals surface area contributed by atoms with Crippen LogP contribution >= 0.6 is 12.6 Å². The van der Waals surface area contributed by atoms with Crippen molar-refractivity contribution in [3.05, 3.63) is 0 Å². The minimum Gasteiger partial charge on any atom is -0.379 e. The highest BCUT2D eigenvalue weighted by atomic mass is 32.1. The first-order valence-corrected chi connectivity index (χ1v) is 6.52. The predicted octanol–water partition coefficient (Wildman–Crippen LogP) is 0.959. The SMILES string of the molecule is CCC1CN(CCOCCS)CCN1C. The highest BCUT2D eigenvalue weighted by Crippen LogP contribution is 2.09. The van der Waals surface area contributed by atoms with E-state index in [4.69, 9.17) is 4.74 Å². The Morgan fingerprint density at radius 3 is 2.80 bits per heavy atom. The second kappa shape index (κ2) is 7.49. The largest absolute Gasteiger partial charge is 0.379 e. The summed E-state index contributed by atoms with van der Waals surface area (Å²) >= 11 is 4.12. The van der Waals surface area contributed by atoms with Crippen molar-refractivity contribution >= 4 is 12.6 Å². The number of hydrogen-bond donors (Lipinski definition) is 1. The highest BCUT2D eigenvalue weighted by molar-refractivity contribution is 7.80. The van der Waals surface area contributed by atoms with Gasteiger partial charge in [0.15, 0.2) is 0 Å². The molecule has 1 unspecified atom stereocenters. The van der Waals surface area contributed by atoms with Crippen molar-refractivity contribution in [2.45, 2.75) is 19.4 Å². The number of ether oxygens (including phenoxy) is 1. The van der Waals surface area contributed by atoms with Gasteiger partial charge in [0.25, 0.3) is 0 Å². The molecule has 0 aliphatic carbocycles. The van der Waals surface area contributed by atoms with Crippen LogP contribution in [0.3, 0.4) is 0 Å². The molecule has 0 bridgehead atoms. The molecule has 1 aliphatic rings. The second-order valence-corrected chi connectivity index (χ2v) is 4.63. The Morgan fingerprint density at radius 1 is 1.33 bits per heavy atom. The quantitative estimate of drug-likeness (QED) is 0.542. The molecule has 3 nitrogen and oxygen atoms in total. The van der Waals surface area contributed by atoms with Crippen LogP contribution in [0.25, 0.3) is 0 Å². The zero-order valence-corrected chi connectivity index (χ0v) is 10.9. The maximum absolute atomic E-state index is 5.45. The van der Waals surface area contributed by atoms with E-state index in [0.29, 0.717) is 0 Å². The molecule has 1 heterocycles. The third-order valence-electron chi connectivity index (χ3n) is 3.12. The van der Waals surface area contributed by atoms with Crippen molar-refractivity contribution in [2.75, 3.05) is 52.2 Å². The first-order valence-electron chi connectivity index (χ1n) is 5.89. The zero-order valence-electron chi connectivity index (χ0n) is 9.98. The molecule has 1 aliphatic heterocycles. The zero-order chi connectivity index (χ0) is 11.1. The Balaban J connectivity index is 2.14. The van der Waals surface area contributed by atoms with Gasteiger partial charge in [0, 0.05) is 38.0 Å². The molecule has 4 heteroatoms. The summed E-state index contributed by atoms with van der Waals surface area (Å²) in [4.78, 5) is 4.97. The molecule has 0 aromatic heterocycles. The standard InChI is InChI=1S/C11H24N2OS/c1-3-11-10-13(5-4-12(11)2)6-7-14-8-9-15/h11,15H,3-10H2,1-2H3. The van der Waals surface area contributed by atoms with Crippen LogP contribution in [-0.2, 0) is 4.74 Å². The Kier molecular flexibility index (Phi) is 6.64. The van der Waals surface area contributed by atoms with Crippen molar-refractivity contribution in [3.63, 3.8) is 0 Å². The molecular weight excluding hydrogens is 208 g/mol. The maximum atomic E-state index is 5.45. The third kappa shape index (κ3) is 4.72. The molecule has 0 aromatic carbocycles. The van der Waals surface area contributed by atoms with Gasteiger partial charge in [-0.3, -0.25) is 4.90 Å². The van der Waals surface area contributed by atoms with Crippen LogP contribution in [0.5, 0.6) is 0 Å². The molecule has 15 heavy (non-hydrogen) atoms. The normalized spacial score (nSPS) is 24.6. The number of nitrogens with zero attached hydrogens (tertiary/aromatic N) is 2. The minimum absolute atomic E-state index is 0.726. The molecule has 1 atom stereocenters. The van der Waals surface area contributed by atoms with E-state index in [1.807, 2.05) is 0 Å². The molecule has 1 rings (SSSR count). The number of rotatable bonds is 6. The average molecular weight is 232 g/mol. The second-order valence-electron chi connectivity index (χ2n) is 4.18. The molecule has 1 fully saturated rings. The van der Waals surface area contributed by atoms with Crippen molar-refractivity contribution in [1.29, 1.82) is 0 Å². The summed E-state index contributed by atoms with van der Waals surface area (Å²) in [5, 5.41) is 0. The Morgan fingerprint density at radius 2 is 2.13 bits per heavy atom. The van der Waals surface area contributed by atoms with E-state index in [9.17, 15) is 0 Å². The summed E-state index contributed by atoms with van der Waals surface area (Å²) in [7, 11) is 2.23. The van der Waals surface area contributed by atoms with E-state index in [2.05, 4.69) is 36.4 Å². The van der Waals surface area contributed by atoms with Gasteiger partial charge in [-0.2, -0.15) is 12.6 Å². The lowest BCUT2D eigenvalue weighted by atomic mass is 10.1. The van der Waals surface area contributed by atoms with E-state index < -0.39 is 0 Å². The van der Waals surface area contributed by atoms with Gasteiger partial charge < -0.3 is 9.64 Å². The van der Waals surface area contributed by atoms with Crippen LogP contribution in [0, 0.1) is 0 Å². The molecule has 0 aromatic rings. The molecule has 0 saturated carbocycles. The average Bonchev–Trinajstić information content (AvgIpc) is 2.26. The van der Waals surface area contributed by atoms with Gasteiger partial charge in [0.1, 0.15) is 0 Å². The molecule has 0 N–H and O–H groups in total. The van der Waals surface area contributed by atoms with E-state index in [1.165, 1.54) is 26.1 Å². The molecule has 0 amide bonds. The van der Waals surface area contributed by atoms with Gasteiger partial charge in [-0.1, -0.05) is 6.92 Å². The molecular formula is C11H24N2OS. The summed E-state index contributed by atoms with van der Waals surface area (Å²) in [6.45, 7) is 8.51. The van der Waals surface area contributed by atoms with Gasteiger partial charge in [0.05, 0.1) is 13.2 Å². The minimum atomic E-state index is 0.726. The van der Waals surface area contributed by atoms with E-state index in [0.717, 1.165) is 31.6 Å². The van der Waals surface area contributed by atoms with Crippen molar-refractivity contribution in [1.82, 2.24) is 9.80 Å². The van der Waals surface area contributed by atoms with Crippen LogP contribution in [0.4, 0.5) is 0 Å². The summed E-state index contributed by atoms with van der Waals surface area (Å²) < 4.78 is 5.45. The lowest BCUT2D eigenvalue weighted by Gasteiger charge is -2.39. The fraction of sp³-hybridized carbons (Fsp3) is 1.00. The Labute approximate surface area is 99.2 Å². The van der Waals surface area contributed by atoms with Gasteiger partial charge in [-0.25, -0.2) is 0 Å². The van der Waals surface area contributed by atoms with Crippen LogP contribution in [0.1, 0.15) is 13.3 Å². The van der Waals surface area contributed by atoms with Crippen LogP contribution in [0.2, 0.25) is 0 Å². The lowest BCUT2D eigenvalue weighted by molar-refractivity contribution is 0.0602. The van der Waals surface area contributed by atoms with E-state index in [1.54, 1.807) is 0 Å². The maximum Gasteiger partial charge on any atom is 0.0593 e. The third-order valence-corrected chi connectivity index (χ3v) is 3.30. The number of hydrogen-bond acceptors (Lipinski definition) is 4. The smallest absolute Gasteiger partial charge is 0.0593 e. The van der Waals surface area contributed by atoms with E-state index >= 15 is 0 Å². The van der Waals surface area contributed by atoms with Gasteiger partial charge >= 0.3 is 0 Å². The summed E-state index contributed by atoms with van der Waals surface area (Å²) in [5.41, 5.74) is 0. The number of piperazine rings is 1. The van der Waals surface area contributed by atoms with Crippen LogP contribution in [0.15, 0.2) is 0 Å². The first kappa shape index (κ1) is 13.3. The van der Waals surface area contributed by atoms with Crippen molar-refractivity contribution < 1.29 is 4.74 Å².